The van der Waals surface area contributed by atoms with Crippen LogP contribution < -0.4 is 5.63 Å². The van der Waals surface area contributed by atoms with Gasteiger partial charge in [-0.3, -0.25) is 4.79 Å². The fraction of sp³-hybridized carbons (Fsp3) is 0.353. The van der Waals surface area contributed by atoms with Crippen LogP contribution in [0, 0.1) is 0 Å². The average molecular weight is 364 g/mol. The van der Waals surface area contributed by atoms with Crippen LogP contribution in [0.15, 0.2) is 15.3 Å². The maximum Gasteiger partial charge on any atom is 0.344 e. The smallest absolute Gasteiger partial charge is 0.344 e. The van der Waals surface area contributed by atoms with Crippen LogP contribution in [0.3, 0.4) is 0 Å². The molecule has 3 rings (SSSR count). The van der Waals surface area contributed by atoms with E-state index in [1.807, 2.05) is 0 Å². The van der Waals surface area contributed by atoms with E-state index in [-0.39, 0.29) is 29.5 Å². The molecule has 0 amide bonds. The molecule has 3 N–H and O–H groups in total. The molecule has 0 radical (unpaired) electrons. The molecule has 0 aliphatic heterocycles. The van der Waals surface area contributed by atoms with Crippen LogP contribution in [-0.2, 0) is 19.9 Å². The number of carbonyl (C=O) groups excluding carboxylic acids is 2. The van der Waals surface area contributed by atoms with Crippen molar-refractivity contribution in [2.45, 2.75) is 25.9 Å². The Hall–Kier alpha value is -3.07. The lowest BCUT2D eigenvalue weighted by atomic mass is 9.91. The lowest BCUT2D eigenvalue weighted by molar-refractivity contribution is -0.172. The standard InChI is InChI=1S/C17H16O9/c1-3-24-16(23)17(25-4-2)6-9(19)14-11(17)10-7(15(22)26-14)5-8(18)12(20)13(10)21/h5,18,20-21H,3-4,6H2,1-2H3/t17-/m0/s1. The molecule has 9 heteroatoms. The van der Waals surface area contributed by atoms with E-state index in [4.69, 9.17) is 13.9 Å². The largest absolute Gasteiger partial charge is 0.504 e. The molecule has 0 bridgehead atoms. The molecule has 0 unspecified atom stereocenters. The molecule has 0 fully saturated rings. The number of rotatable bonds is 4. The Bertz CT molecular complexity index is 988. The minimum atomic E-state index is -1.94. The number of esters is 1. The summed E-state index contributed by atoms with van der Waals surface area (Å²) in [6, 6.07) is 0.876. The number of Topliss-reactive ketones (excluding diaryl/α,β-unsaturated/α-hetero) is 1. The Morgan fingerprint density at radius 3 is 2.50 bits per heavy atom. The molecule has 1 heterocycles. The first-order chi connectivity index (χ1) is 12.3. The first-order valence-electron chi connectivity index (χ1n) is 7.88. The molecular formula is C17H16O9. The third-order valence-electron chi connectivity index (χ3n) is 4.21. The van der Waals surface area contributed by atoms with Gasteiger partial charge in [0.05, 0.1) is 24.0 Å². The second-order valence-electron chi connectivity index (χ2n) is 5.69. The molecule has 0 spiro atoms. The minimum Gasteiger partial charge on any atom is -0.504 e. The SMILES string of the molecule is CCOC(=O)[C@]1(OCC)CC(=O)c2oc(=O)c3cc(O)c(O)c(O)c3c21. The zero-order valence-corrected chi connectivity index (χ0v) is 14.0. The zero-order chi connectivity index (χ0) is 19.2. The summed E-state index contributed by atoms with van der Waals surface area (Å²) in [6.07, 6.45) is -0.488. The molecule has 26 heavy (non-hydrogen) atoms. The first kappa shape index (κ1) is 17.7. The molecular weight excluding hydrogens is 348 g/mol. The van der Waals surface area contributed by atoms with E-state index in [1.165, 1.54) is 0 Å². The van der Waals surface area contributed by atoms with E-state index in [1.54, 1.807) is 13.8 Å². The topological polar surface area (TPSA) is 144 Å². The van der Waals surface area contributed by atoms with Gasteiger partial charge < -0.3 is 29.2 Å². The third-order valence-corrected chi connectivity index (χ3v) is 4.21. The Kier molecular flexibility index (Phi) is 4.11. The summed E-state index contributed by atoms with van der Waals surface area (Å²) in [7, 11) is 0. The van der Waals surface area contributed by atoms with Crippen molar-refractivity contribution in [2.24, 2.45) is 0 Å². The third kappa shape index (κ3) is 2.24. The highest BCUT2D eigenvalue weighted by Crippen LogP contribution is 2.50. The van der Waals surface area contributed by atoms with E-state index in [2.05, 4.69) is 0 Å². The molecule has 1 atom stereocenters. The summed E-state index contributed by atoms with van der Waals surface area (Å²) >= 11 is 0. The Morgan fingerprint density at radius 2 is 1.88 bits per heavy atom. The lowest BCUT2D eigenvalue weighted by Gasteiger charge is -2.27. The van der Waals surface area contributed by atoms with E-state index in [0.29, 0.717) is 0 Å². The highest BCUT2D eigenvalue weighted by Gasteiger charge is 2.55. The van der Waals surface area contributed by atoms with Gasteiger partial charge in [-0.15, -0.1) is 0 Å². The van der Waals surface area contributed by atoms with Crippen LogP contribution in [0.5, 0.6) is 17.2 Å². The van der Waals surface area contributed by atoms with Crippen molar-refractivity contribution in [3.05, 3.63) is 27.8 Å². The van der Waals surface area contributed by atoms with Crippen LogP contribution in [0.4, 0.5) is 0 Å². The van der Waals surface area contributed by atoms with Gasteiger partial charge in [0.25, 0.3) is 0 Å². The molecule has 2 aromatic rings. The highest BCUT2D eigenvalue weighted by molar-refractivity contribution is 6.11. The Balaban J connectivity index is 2.50. The molecule has 1 aromatic heterocycles. The molecule has 1 aliphatic carbocycles. The van der Waals surface area contributed by atoms with Crippen molar-refractivity contribution < 1.29 is 38.8 Å². The first-order valence-corrected chi connectivity index (χ1v) is 7.88. The molecule has 1 aromatic carbocycles. The van der Waals surface area contributed by atoms with Gasteiger partial charge in [0.2, 0.25) is 17.1 Å². The summed E-state index contributed by atoms with van der Waals surface area (Å²) in [6.45, 7) is 3.18. The van der Waals surface area contributed by atoms with Gasteiger partial charge in [-0.2, -0.15) is 0 Å². The Morgan fingerprint density at radius 1 is 1.19 bits per heavy atom. The number of phenolic OH excluding ortho intramolecular Hbond substituents is 3. The van der Waals surface area contributed by atoms with Gasteiger partial charge >= 0.3 is 11.6 Å². The number of ether oxygens (including phenoxy) is 2. The second kappa shape index (κ2) is 6.03. The maximum absolute atomic E-state index is 12.6. The molecule has 138 valence electrons. The summed E-state index contributed by atoms with van der Waals surface area (Å²) in [5, 5.41) is 29.2. The number of carbonyl (C=O) groups is 2. The monoisotopic (exact) mass is 364 g/mol. The average Bonchev–Trinajstić information content (AvgIpc) is 2.86. The lowest BCUT2D eigenvalue weighted by Crippen LogP contribution is -2.39. The number of hydrogen-bond donors (Lipinski definition) is 3. The fourth-order valence-corrected chi connectivity index (χ4v) is 3.20. The van der Waals surface area contributed by atoms with Crippen LogP contribution in [0.25, 0.3) is 10.8 Å². The van der Waals surface area contributed by atoms with Crippen molar-refractivity contribution >= 4 is 22.5 Å². The van der Waals surface area contributed by atoms with Gasteiger partial charge in [-0.25, -0.2) is 9.59 Å². The minimum absolute atomic E-state index is 0.00389. The van der Waals surface area contributed by atoms with E-state index in [9.17, 15) is 29.7 Å². The van der Waals surface area contributed by atoms with Crippen LogP contribution in [0.2, 0.25) is 0 Å². The van der Waals surface area contributed by atoms with E-state index in [0.717, 1.165) is 6.07 Å². The van der Waals surface area contributed by atoms with Gasteiger partial charge in [0.1, 0.15) is 0 Å². The fourth-order valence-electron chi connectivity index (χ4n) is 3.20. The summed E-state index contributed by atoms with van der Waals surface area (Å²) in [5.74, 6) is -4.57. The van der Waals surface area contributed by atoms with E-state index < -0.39 is 52.4 Å². The molecule has 9 nitrogen and oxygen atoms in total. The summed E-state index contributed by atoms with van der Waals surface area (Å²) in [5.41, 5.74) is -3.16. The quantitative estimate of drug-likeness (QED) is 0.540. The van der Waals surface area contributed by atoms with Crippen molar-refractivity contribution in [2.75, 3.05) is 13.2 Å². The molecule has 1 aliphatic rings. The second-order valence-corrected chi connectivity index (χ2v) is 5.69. The van der Waals surface area contributed by atoms with Crippen LogP contribution in [-0.4, -0.2) is 40.3 Å². The number of ketones is 1. The van der Waals surface area contributed by atoms with E-state index >= 15 is 0 Å². The van der Waals surface area contributed by atoms with Crippen molar-refractivity contribution in [3.8, 4) is 17.2 Å². The number of benzene rings is 1. The molecule has 0 saturated carbocycles. The number of hydrogen-bond acceptors (Lipinski definition) is 9. The number of phenols is 3. The van der Waals surface area contributed by atoms with Crippen molar-refractivity contribution in [3.63, 3.8) is 0 Å². The maximum atomic E-state index is 12.6. The molecule has 0 saturated heterocycles. The van der Waals surface area contributed by atoms with Crippen molar-refractivity contribution in [1.82, 2.24) is 0 Å². The summed E-state index contributed by atoms with van der Waals surface area (Å²) in [4.78, 5) is 37.2. The van der Waals surface area contributed by atoms with Crippen LogP contribution >= 0.6 is 0 Å². The highest BCUT2D eigenvalue weighted by atomic mass is 16.6. The van der Waals surface area contributed by atoms with Crippen molar-refractivity contribution in [1.29, 1.82) is 0 Å². The predicted octanol–water partition coefficient (Wildman–Crippen LogP) is 1.29. The predicted molar refractivity (Wildman–Crippen MR) is 86.4 cm³/mol. The number of aromatic hydroxyl groups is 3. The van der Waals surface area contributed by atoms with Crippen LogP contribution in [0.1, 0.15) is 36.4 Å². The van der Waals surface area contributed by atoms with Gasteiger partial charge in [0, 0.05) is 12.0 Å². The normalized spacial score (nSPS) is 18.9. The number of fused-ring (bicyclic) bond motifs is 3. The van der Waals surface area contributed by atoms with Gasteiger partial charge in [0.15, 0.2) is 17.3 Å². The Labute approximate surface area is 146 Å². The van der Waals surface area contributed by atoms with Gasteiger partial charge in [-0.1, -0.05) is 0 Å². The van der Waals surface area contributed by atoms with Gasteiger partial charge in [-0.05, 0) is 19.9 Å². The zero-order valence-electron chi connectivity index (χ0n) is 14.0. The summed E-state index contributed by atoms with van der Waals surface area (Å²) < 4.78 is 15.6.